The molecule has 7 heteroatoms. The van der Waals surface area contributed by atoms with Gasteiger partial charge in [-0.1, -0.05) is 49.4 Å². The zero-order valence-corrected chi connectivity index (χ0v) is 17.3. The molecule has 0 bridgehead atoms. The molecule has 0 aromatic heterocycles. The number of rotatable bonds is 9. The summed E-state index contributed by atoms with van der Waals surface area (Å²) in [6.07, 6.45) is 1.26. The normalized spacial score (nSPS) is 13.3. The third-order valence-electron chi connectivity index (χ3n) is 4.58. The summed E-state index contributed by atoms with van der Waals surface area (Å²) in [5.41, 5.74) is 9.67. The highest BCUT2D eigenvalue weighted by molar-refractivity contribution is 7.98. The summed E-state index contributed by atoms with van der Waals surface area (Å²) in [5, 5.41) is 5.74. The Labute approximate surface area is 175 Å². The number of benzene rings is 2. The first-order valence-electron chi connectivity index (χ1n) is 9.73. The van der Waals surface area contributed by atoms with E-state index in [1.807, 2.05) is 49.4 Å². The number of nitrogen functional groups attached to an aromatic ring is 1. The molecule has 0 saturated carbocycles. The second kappa shape index (κ2) is 10.1. The Kier molecular flexibility index (Phi) is 7.30. The smallest absolute Gasteiger partial charge is 0.266 e. The molecule has 4 N–H and O–H groups in total. The van der Waals surface area contributed by atoms with E-state index in [4.69, 9.17) is 5.73 Å². The largest absolute Gasteiger partial charge is 0.397 e. The Morgan fingerprint density at radius 1 is 1.17 bits per heavy atom. The molecule has 3 rings (SSSR count). The summed E-state index contributed by atoms with van der Waals surface area (Å²) >= 11 is 1.62. The maximum atomic E-state index is 12.8. The quantitative estimate of drug-likeness (QED) is 0.554. The molecule has 0 spiro atoms. The first-order valence-corrected chi connectivity index (χ1v) is 10.9. The van der Waals surface area contributed by atoms with Gasteiger partial charge in [-0.3, -0.25) is 9.59 Å². The lowest BCUT2D eigenvalue weighted by Crippen LogP contribution is -2.50. The third kappa shape index (κ3) is 5.60. The number of carbonyl (C=O) groups excluding carboxylic acids is 2. The Balaban J connectivity index is 1.63. The average molecular weight is 411 g/mol. The van der Waals surface area contributed by atoms with Crippen molar-refractivity contribution in [2.45, 2.75) is 31.6 Å². The summed E-state index contributed by atoms with van der Waals surface area (Å²) in [7, 11) is 0. The molecule has 0 aliphatic carbocycles. The van der Waals surface area contributed by atoms with E-state index in [-0.39, 0.29) is 11.8 Å². The second-order valence-corrected chi connectivity index (χ2v) is 7.94. The van der Waals surface area contributed by atoms with Crippen molar-refractivity contribution >= 4 is 40.7 Å². The number of fused-ring (bicyclic) bond motifs is 1. The minimum Gasteiger partial charge on any atom is -0.397 e. The van der Waals surface area contributed by atoms with E-state index in [0.29, 0.717) is 35.8 Å². The molecule has 0 fully saturated rings. The van der Waals surface area contributed by atoms with Crippen molar-refractivity contribution in [2.75, 3.05) is 18.0 Å². The van der Waals surface area contributed by atoms with Gasteiger partial charge in [0.2, 0.25) is 5.91 Å². The number of anilines is 1. The molecule has 0 saturated heterocycles. The highest BCUT2D eigenvalue weighted by atomic mass is 32.2. The molecule has 0 unspecified atom stereocenters. The molecule has 1 aliphatic rings. The molecule has 2 aromatic carbocycles. The lowest BCUT2D eigenvalue weighted by molar-refractivity contribution is -0.125. The highest BCUT2D eigenvalue weighted by Crippen LogP contribution is 2.32. The van der Waals surface area contributed by atoms with Crippen molar-refractivity contribution in [1.29, 1.82) is 0 Å². The number of thioether (sulfide) groups is 1. The average Bonchev–Trinajstić information content (AvgIpc) is 3.18. The van der Waals surface area contributed by atoms with Gasteiger partial charge in [0.25, 0.3) is 5.91 Å². The van der Waals surface area contributed by atoms with Crippen LogP contribution in [-0.2, 0) is 21.8 Å². The lowest BCUT2D eigenvalue weighted by atomic mass is 10.1. The van der Waals surface area contributed by atoms with E-state index in [1.165, 1.54) is 5.56 Å². The maximum Gasteiger partial charge on any atom is 0.266 e. The number of hydrogen-bond acceptors (Lipinski definition) is 5. The van der Waals surface area contributed by atoms with Crippen molar-refractivity contribution < 1.29 is 9.59 Å². The molecule has 2 aromatic rings. The molecule has 1 atom stereocenters. The van der Waals surface area contributed by atoms with Crippen LogP contribution in [0.25, 0.3) is 0 Å². The molecule has 152 valence electrons. The van der Waals surface area contributed by atoms with Gasteiger partial charge in [0.05, 0.1) is 11.4 Å². The lowest BCUT2D eigenvalue weighted by Gasteiger charge is -2.18. The third-order valence-corrected chi connectivity index (χ3v) is 5.69. The Morgan fingerprint density at radius 2 is 1.97 bits per heavy atom. The van der Waals surface area contributed by atoms with E-state index in [1.54, 1.807) is 17.8 Å². The van der Waals surface area contributed by atoms with Gasteiger partial charge in [0, 0.05) is 24.5 Å². The van der Waals surface area contributed by atoms with Gasteiger partial charge >= 0.3 is 0 Å². The van der Waals surface area contributed by atoms with Crippen LogP contribution in [0.3, 0.4) is 0 Å². The van der Waals surface area contributed by atoms with E-state index in [2.05, 4.69) is 15.6 Å². The maximum absolute atomic E-state index is 12.8. The Bertz CT molecular complexity index is 899. The van der Waals surface area contributed by atoms with Crippen LogP contribution in [0.15, 0.2) is 53.5 Å². The van der Waals surface area contributed by atoms with Crippen molar-refractivity contribution in [3.8, 4) is 0 Å². The van der Waals surface area contributed by atoms with E-state index in [9.17, 15) is 9.59 Å². The van der Waals surface area contributed by atoms with E-state index < -0.39 is 6.04 Å². The molecular formula is C22H26N4O2S. The van der Waals surface area contributed by atoms with Crippen LogP contribution < -0.4 is 16.4 Å². The fourth-order valence-corrected chi connectivity index (χ4v) is 4.06. The van der Waals surface area contributed by atoms with Crippen molar-refractivity contribution in [3.63, 3.8) is 0 Å². The van der Waals surface area contributed by atoms with Gasteiger partial charge < -0.3 is 16.4 Å². The highest BCUT2D eigenvalue weighted by Gasteiger charge is 2.26. The minimum absolute atomic E-state index is 0.170. The van der Waals surface area contributed by atoms with Crippen LogP contribution >= 0.6 is 11.8 Å². The topological polar surface area (TPSA) is 96.6 Å². The van der Waals surface area contributed by atoms with E-state index >= 15 is 0 Å². The SMILES string of the molecule is CCCNC(=O)[C@H](CSCc1ccccc1)NC(=O)C1=Nc2c(N)cccc2C1. The summed E-state index contributed by atoms with van der Waals surface area (Å²) in [4.78, 5) is 29.7. The number of nitrogens with two attached hydrogens (primary N) is 1. The van der Waals surface area contributed by atoms with Crippen molar-refractivity contribution in [3.05, 3.63) is 59.7 Å². The summed E-state index contributed by atoms with van der Waals surface area (Å²) < 4.78 is 0. The molecule has 29 heavy (non-hydrogen) atoms. The monoisotopic (exact) mass is 410 g/mol. The number of hydrogen-bond donors (Lipinski definition) is 3. The summed E-state index contributed by atoms with van der Waals surface area (Å²) in [6.45, 7) is 2.57. The standard InChI is InChI=1S/C22H26N4O2S/c1-2-11-24-21(27)19(14-29-13-15-7-4-3-5-8-15)26-22(28)18-12-16-9-6-10-17(23)20(16)25-18/h3-10,19H,2,11-14,23H2,1H3,(H,24,27)(H,26,28)/t19-/m0/s1. The first kappa shape index (κ1) is 20.9. The molecule has 1 aliphatic heterocycles. The zero-order chi connectivity index (χ0) is 20.6. The molecule has 0 radical (unpaired) electrons. The van der Waals surface area contributed by atoms with Crippen LogP contribution in [0, 0.1) is 0 Å². The predicted octanol–water partition coefficient (Wildman–Crippen LogP) is 2.84. The Morgan fingerprint density at radius 3 is 2.69 bits per heavy atom. The number of aliphatic imine (C=N–C) groups is 1. The fourth-order valence-electron chi connectivity index (χ4n) is 3.04. The number of para-hydroxylation sites is 1. The van der Waals surface area contributed by atoms with Gasteiger partial charge in [-0.15, -0.1) is 0 Å². The van der Waals surface area contributed by atoms with Crippen LogP contribution in [0.2, 0.25) is 0 Å². The molecule has 6 nitrogen and oxygen atoms in total. The van der Waals surface area contributed by atoms with Crippen molar-refractivity contribution in [1.82, 2.24) is 10.6 Å². The van der Waals surface area contributed by atoms with Crippen LogP contribution in [-0.4, -0.2) is 35.9 Å². The van der Waals surface area contributed by atoms with E-state index in [0.717, 1.165) is 17.7 Å². The summed E-state index contributed by atoms with van der Waals surface area (Å²) in [5.74, 6) is 0.768. The minimum atomic E-state index is -0.619. The van der Waals surface area contributed by atoms with Gasteiger partial charge in [-0.25, -0.2) is 4.99 Å². The molecule has 2 amide bonds. The number of nitrogens with zero attached hydrogens (tertiary/aromatic N) is 1. The number of nitrogens with one attached hydrogen (secondary N) is 2. The van der Waals surface area contributed by atoms with Crippen LogP contribution in [0.4, 0.5) is 11.4 Å². The fraction of sp³-hybridized carbons (Fsp3) is 0.318. The molecular weight excluding hydrogens is 384 g/mol. The summed E-state index contributed by atoms with van der Waals surface area (Å²) in [6, 6.07) is 15.0. The van der Waals surface area contributed by atoms with Gasteiger partial charge in [-0.2, -0.15) is 11.8 Å². The zero-order valence-electron chi connectivity index (χ0n) is 16.5. The molecule has 1 heterocycles. The number of amides is 2. The predicted molar refractivity (Wildman–Crippen MR) is 119 cm³/mol. The van der Waals surface area contributed by atoms with Crippen molar-refractivity contribution in [2.24, 2.45) is 4.99 Å². The van der Waals surface area contributed by atoms with Crippen LogP contribution in [0.1, 0.15) is 24.5 Å². The van der Waals surface area contributed by atoms with Gasteiger partial charge in [0.15, 0.2) is 0 Å². The van der Waals surface area contributed by atoms with Gasteiger partial charge in [0.1, 0.15) is 11.8 Å². The Hall–Kier alpha value is -2.80. The second-order valence-electron chi connectivity index (χ2n) is 6.91. The van der Waals surface area contributed by atoms with Gasteiger partial charge in [-0.05, 0) is 23.6 Å². The van der Waals surface area contributed by atoms with Crippen LogP contribution in [0.5, 0.6) is 0 Å². The number of carbonyl (C=O) groups is 2. The first-order chi connectivity index (χ1) is 14.1.